The Morgan fingerprint density at radius 2 is 2.40 bits per heavy atom. The van der Waals surface area contributed by atoms with Crippen LogP contribution in [0, 0.1) is 0 Å². The number of aliphatic hydroxyl groups excluding tert-OH is 1. The van der Waals surface area contributed by atoms with Crippen molar-refractivity contribution in [3.8, 4) is 0 Å². The molecular formula is C6H10N2OS. The van der Waals surface area contributed by atoms with Crippen LogP contribution in [0.1, 0.15) is 6.92 Å². The Bertz CT molecular complexity index is 198. The third-order valence-corrected chi connectivity index (χ3v) is 1.90. The van der Waals surface area contributed by atoms with Gasteiger partial charge in [-0.15, -0.1) is 0 Å². The fraction of sp³-hybridized carbons (Fsp3) is 0.500. The largest absolute Gasteiger partial charge is 0.495 e. The fourth-order valence-electron chi connectivity index (χ4n) is 0.628. The molecule has 0 saturated heterocycles. The van der Waals surface area contributed by atoms with E-state index >= 15 is 0 Å². The van der Waals surface area contributed by atoms with E-state index in [1.165, 1.54) is 11.8 Å². The molecule has 0 atom stereocenters. The zero-order valence-corrected chi connectivity index (χ0v) is 6.83. The smallest absolute Gasteiger partial charge is 0.190 e. The summed E-state index contributed by atoms with van der Waals surface area (Å²) in [5.74, 6) is 0.249. The highest BCUT2D eigenvalue weighted by molar-refractivity contribution is 8.13. The van der Waals surface area contributed by atoms with Crippen molar-refractivity contribution in [3.05, 3.63) is 11.5 Å². The van der Waals surface area contributed by atoms with Gasteiger partial charge in [0.2, 0.25) is 0 Å². The van der Waals surface area contributed by atoms with Gasteiger partial charge in [-0.1, -0.05) is 11.8 Å². The van der Waals surface area contributed by atoms with Crippen molar-refractivity contribution in [2.45, 2.75) is 6.92 Å². The molecule has 0 saturated carbocycles. The average Bonchev–Trinajstić information content (AvgIpc) is 1.95. The standard InChI is InChI=1S/C6H10N2OS/c1-4-3-7-6(10-2)8-5(4)9/h9H,3H2,1-2H3,(H,7,8). The van der Waals surface area contributed by atoms with Gasteiger partial charge in [0.05, 0.1) is 6.54 Å². The van der Waals surface area contributed by atoms with Crippen LogP contribution < -0.4 is 5.32 Å². The SMILES string of the molecule is CSC1=NCC(C)=C(O)N1. The zero-order chi connectivity index (χ0) is 7.56. The van der Waals surface area contributed by atoms with Gasteiger partial charge in [0, 0.05) is 5.57 Å². The first-order chi connectivity index (χ1) is 4.74. The Balaban J connectivity index is 2.63. The molecule has 2 N–H and O–H groups in total. The summed E-state index contributed by atoms with van der Waals surface area (Å²) in [6, 6.07) is 0. The fourth-order valence-corrected chi connectivity index (χ4v) is 1.02. The molecule has 1 heterocycles. The topological polar surface area (TPSA) is 44.6 Å². The van der Waals surface area contributed by atoms with E-state index in [4.69, 9.17) is 5.11 Å². The summed E-state index contributed by atoms with van der Waals surface area (Å²) in [7, 11) is 0. The lowest BCUT2D eigenvalue weighted by Gasteiger charge is -2.13. The van der Waals surface area contributed by atoms with Crippen LogP contribution in [-0.2, 0) is 0 Å². The van der Waals surface area contributed by atoms with E-state index in [-0.39, 0.29) is 5.88 Å². The number of nitrogens with one attached hydrogen (secondary N) is 1. The maximum Gasteiger partial charge on any atom is 0.190 e. The third kappa shape index (κ3) is 1.44. The molecule has 0 fully saturated rings. The number of thioether (sulfide) groups is 1. The third-order valence-electron chi connectivity index (χ3n) is 1.28. The van der Waals surface area contributed by atoms with E-state index in [9.17, 15) is 0 Å². The molecule has 0 amide bonds. The van der Waals surface area contributed by atoms with Crippen LogP contribution in [0.2, 0.25) is 0 Å². The minimum atomic E-state index is 0.249. The van der Waals surface area contributed by atoms with E-state index in [0.717, 1.165) is 10.7 Å². The maximum atomic E-state index is 9.15. The van der Waals surface area contributed by atoms with Crippen LogP contribution in [-0.4, -0.2) is 23.1 Å². The molecule has 0 aromatic rings. The van der Waals surface area contributed by atoms with Crippen molar-refractivity contribution in [1.82, 2.24) is 5.32 Å². The molecule has 0 unspecified atom stereocenters. The van der Waals surface area contributed by atoms with Crippen LogP contribution in [0.4, 0.5) is 0 Å². The van der Waals surface area contributed by atoms with Crippen molar-refractivity contribution in [2.75, 3.05) is 12.8 Å². The molecule has 0 aromatic carbocycles. The lowest BCUT2D eigenvalue weighted by atomic mass is 10.3. The molecule has 0 aromatic heterocycles. The number of hydrogen-bond donors (Lipinski definition) is 2. The van der Waals surface area contributed by atoms with E-state index < -0.39 is 0 Å². The number of amidine groups is 1. The summed E-state index contributed by atoms with van der Waals surface area (Å²) < 4.78 is 0. The van der Waals surface area contributed by atoms with Crippen LogP contribution in [0.25, 0.3) is 0 Å². The van der Waals surface area contributed by atoms with E-state index in [0.29, 0.717) is 6.54 Å². The highest BCUT2D eigenvalue weighted by atomic mass is 32.2. The van der Waals surface area contributed by atoms with E-state index in [2.05, 4.69) is 10.3 Å². The number of aliphatic imine (C=N–C) groups is 1. The lowest BCUT2D eigenvalue weighted by Crippen LogP contribution is -2.25. The van der Waals surface area contributed by atoms with E-state index in [1.54, 1.807) is 0 Å². The zero-order valence-electron chi connectivity index (χ0n) is 6.01. The van der Waals surface area contributed by atoms with Gasteiger partial charge in [-0.3, -0.25) is 4.99 Å². The number of rotatable bonds is 0. The Kier molecular flexibility index (Phi) is 2.21. The molecule has 1 aliphatic rings. The number of hydrogen-bond acceptors (Lipinski definition) is 4. The molecule has 3 nitrogen and oxygen atoms in total. The van der Waals surface area contributed by atoms with Gasteiger partial charge in [0.15, 0.2) is 11.1 Å². The molecule has 1 rings (SSSR count). The Labute approximate surface area is 64.2 Å². The quantitative estimate of drug-likeness (QED) is 0.555. The average molecular weight is 158 g/mol. The second-order valence-corrected chi connectivity index (χ2v) is 2.87. The van der Waals surface area contributed by atoms with Gasteiger partial charge in [0.1, 0.15) is 0 Å². The Hall–Kier alpha value is -0.640. The molecule has 4 heteroatoms. The van der Waals surface area contributed by atoms with Crippen molar-refractivity contribution in [3.63, 3.8) is 0 Å². The molecule has 56 valence electrons. The predicted molar refractivity (Wildman–Crippen MR) is 44.3 cm³/mol. The first-order valence-corrected chi connectivity index (χ1v) is 4.20. The van der Waals surface area contributed by atoms with Gasteiger partial charge in [0.25, 0.3) is 0 Å². The molecule has 0 spiro atoms. The monoisotopic (exact) mass is 158 g/mol. The predicted octanol–water partition coefficient (Wildman–Crippen LogP) is 1.10. The second-order valence-electron chi connectivity index (χ2n) is 2.08. The minimum Gasteiger partial charge on any atom is -0.495 e. The van der Waals surface area contributed by atoms with Gasteiger partial charge in [-0.2, -0.15) is 0 Å². The van der Waals surface area contributed by atoms with E-state index in [1.807, 2.05) is 13.2 Å². The first kappa shape index (κ1) is 7.47. The van der Waals surface area contributed by atoms with Crippen LogP contribution >= 0.6 is 11.8 Å². The van der Waals surface area contributed by atoms with Crippen molar-refractivity contribution >= 4 is 16.9 Å². The summed E-state index contributed by atoms with van der Waals surface area (Å²) in [5.41, 5.74) is 0.887. The van der Waals surface area contributed by atoms with Gasteiger partial charge in [-0.05, 0) is 13.2 Å². The molecule has 0 aliphatic carbocycles. The van der Waals surface area contributed by atoms with Crippen molar-refractivity contribution in [2.24, 2.45) is 4.99 Å². The first-order valence-electron chi connectivity index (χ1n) is 2.98. The molecule has 0 radical (unpaired) electrons. The van der Waals surface area contributed by atoms with Crippen molar-refractivity contribution in [1.29, 1.82) is 0 Å². The normalized spacial score (nSPS) is 18.4. The summed E-state index contributed by atoms with van der Waals surface area (Å²) in [5, 5.41) is 12.7. The Morgan fingerprint density at radius 1 is 1.70 bits per heavy atom. The maximum absolute atomic E-state index is 9.15. The summed E-state index contributed by atoms with van der Waals surface area (Å²) in [6.07, 6.45) is 1.92. The summed E-state index contributed by atoms with van der Waals surface area (Å²) in [4.78, 5) is 4.13. The minimum absolute atomic E-state index is 0.249. The lowest BCUT2D eigenvalue weighted by molar-refractivity contribution is 0.378. The summed E-state index contributed by atoms with van der Waals surface area (Å²) in [6.45, 7) is 2.46. The molecule has 1 aliphatic heterocycles. The molecule has 10 heavy (non-hydrogen) atoms. The number of nitrogens with zero attached hydrogens (tertiary/aromatic N) is 1. The molecular weight excluding hydrogens is 148 g/mol. The van der Waals surface area contributed by atoms with Crippen molar-refractivity contribution < 1.29 is 5.11 Å². The summed E-state index contributed by atoms with van der Waals surface area (Å²) >= 11 is 1.50. The number of aliphatic hydroxyl groups is 1. The highest BCUT2D eigenvalue weighted by Crippen LogP contribution is 2.08. The van der Waals surface area contributed by atoms with Crippen LogP contribution in [0.5, 0.6) is 0 Å². The highest BCUT2D eigenvalue weighted by Gasteiger charge is 2.08. The van der Waals surface area contributed by atoms with Crippen LogP contribution in [0.15, 0.2) is 16.4 Å². The second kappa shape index (κ2) is 2.96. The van der Waals surface area contributed by atoms with Gasteiger partial charge in [-0.25, -0.2) is 0 Å². The van der Waals surface area contributed by atoms with Gasteiger partial charge < -0.3 is 10.4 Å². The Morgan fingerprint density at radius 3 is 2.90 bits per heavy atom. The van der Waals surface area contributed by atoms with Crippen LogP contribution in [0.3, 0.4) is 0 Å². The van der Waals surface area contributed by atoms with Gasteiger partial charge >= 0.3 is 0 Å². The molecule has 0 bridgehead atoms.